The molecule has 4 heteroatoms. The average molecular weight is 281 g/mol. The van der Waals surface area contributed by atoms with E-state index in [4.69, 9.17) is 0 Å². The van der Waals surface area contributed by atoms with Gasteiger partial charge in [-0.2, -0.15) is 5.10 Å². The number of benzene rings is 2. The van der Waals surface area contributed by atoms with Crippen LogP contribution in [0.25, 0.3) is 0 Å². The molecule has 1 heterocycles. The first kappa shape index (κ1) is 13.5. The van der Waals surface area contributed by atoms with Gasteiger partial charge in [0.15, 0.2) is 0 Å². The predicted molar refractivity (Wildman–Crippen MR) is 85.9 cm³/mol. The number of rotatable bonds is 3. The number of hydrazone groups is 1. The molecular weight excluding hydrogens is 262 g/mol. The molecule has 2 aromatic carbocycles. The van der Waals surface area contributed by atoms with Crippen molar-refractivity contribution in [1.82, 2.24) is 5.01 Å². The van der Waals surface area contributed by atoms with E-state index < -0.39 is 0 Å². The fraction of sp³-hybridized carbons (Fsp3) is 0.235. The zero-order chi connectivity index (χ0) is 14.5. The number of piperazine rings is 1. The van der Waals surface area contributed by atoms with Crippen molar-refractivity contribution < 1.29 is 5.11 Å². The number of phenolic OH excluding ortho intramolecular Hbond substituents is 1. The first-order valence-corrected chi connectivity index (χ1v) is 7.19. The maximum atomic E-state index is 9.25. The van der Waals surface area contributed by atoms with Gasteiger partial charge in [0.25, 0.3) is 0 Å². The SMILES string of the molecule is Oc1ccc(C=NN2CCN(c3ccccc3)CC2)cc1. The van der Waals surface area contributed by atoms with Gasteiger partial charge in [0.1, 0.15) is 5.75 Å². The van der Waals surface area contributed by atoms with Gasteiger partial charge < -0.3 is 10.0 Å². The third-order valence-corrected chi connectivity index (χ3v) is 3.64. The van der Waals surface area contributed by atoms with Gasteiger partial charge >= 0.3 is 0 Å². The van der Waals surface area contributed by atoms with E-state index in [0.29, 0.717) is 0 Å². The van der Waals surface area contributed by atoms with Gasteiger partial charge in [-0.25, -0.2) is 0 Å². The van der Waals surface area contributed by atoms with Crippen LogP contribution in [0.15, 0.2) is 59.7 Å². The Morgan fingerprint density at radius 3 is 2.19 bits per heavy atom. The summed E-state index contributed by atoms with van der Waals surface area (Å²) in [5.74, 6) is 0.281. The predicted octanol–water partition coefficient (Wildman–Crippen LogP) is 2.55. The molecule has 21 heavy (non-hydrogen) atoms. The molecular formula is C17H19N3O. The van der Waals surface area contributed by atoms with Gasteiger partial charge in [-0.05, 0) is 42.0 Å². The molecule has 1 aliphatic rings. The highest BCUT2D eigenvalue weighted by atomic mass is 16.3. The van der Waals surface area contributed by atoms with E-state index in [0.717, 1.165) is 31.7 Å². The Hall–Kier alpha value is -2.49. The quantitative estimate of drug-likeness (QED) is 0.879. The molecule has 3 rings (SSSR count). The monoisotopic (exact) mass is 281 g/mol. The van der Waals surface area contributed by atoms with Crippen molar-refractivity contribution in [3.63, 3.8) is 0 Å². The molecule has 0 unspecified atom stereocenters. The average Bonchev–Trinajstić information content (AvgIpc) is 2.56. The Kier molecular flexibility index (Phi) is 4.05. The van der Waals surface area contributed by atoms with Crippen LogP contribution >= 0.6 is 0 Å². The number of phenols is 1. The van der Waals surface area contributed by atoms with Gasteiger partial charge in [0, 0.05) is 18.8 Å². The van der Waals surface area contributed by atoms with Crippen molar-refractivity contribution >= 4 is 11.9 Å². The highest BCUT2D eigenvalue weighted by Gasteiger charge is 2.15. The van der Waals surface area contributed by atoms with E-state index in [1.165, 1.54) is 5.69 Å². The van der Waals surface area contributed by atoms with Crippen LogP contribution in [0.1, 0.15) is 5.56 Å². The van der Waals surface area contributed by atoms with Crippen LogP contribution < -0.4 is 4.90 Å². The fourth-order valence-electron chi connectivity index (χ4n) is 2.42. The molecule has 0 bridgehead atoms. The number of hydrogen-bond acceptors (Lipinski definition) is 4. The van der Waals surface area contributed by atoms with Crippen molar-refractivity contribution in [2.24, 2.45) is 5.10 Å². The molecule has 1 aliphatic heterocycles. The molecule has 1 fully saturated rings. The Morgan fingerprint density at radius 2 is 1.52 bits per heavy atom. The molecule has 0 spiro atoms. The summed E-state index contributed by atoms with van der Waals surface area (Å²) in [6.07, 6.45) is 1.84. The van der Waals surface area contributed by atoms with Crippen LogP contribution in [0.3, 0.4) is 0 Å². The Labute approximate surface area is 124 Å². The minimum atomic E-state index is 0.281. The molecule has 0 aromatic heterocycles. The lowest BCUT2D eigenvalue weighted by molar-refractivity contribution is 0.272. The summed E-state index contributed by atoms with van der Waals surface area (Å²) in [6.45, 7) is 3.81. The molecule has 108 valence electrons. The molecule has 0 radical (unpaired) electrons. The van der Waals surface area contributed by atoms with Gasteiger partial charge in [-0.3, -0.25) is 5.01 Å². The van der Waals surface area contributed by atoms with Crippen LogP contribution in [-0.4, -0.2) is 42.5 Å². The third kappa shape index (κ3) is 3.54. The smallest absolute Gasteiger partial charge is 0.115 e. The van der Waals surface area contributed by atoms with E-state index in [1.54, 1.807) is 12.1 Å². The summed E-state index contributed by atoms with van der Waals surface area (Å²) < 4.78 is 0. The van der Waals surface area contributed by atoms with Crippen molar-refractivity contribution in [2.45, 2.75) is 0 Å². The Balaban J connectivity index is 1.55. The van der Waals surface area contributed by atoms with Crippen LogP contribution in [0.2, 0.25) is 0 Å². The summed E-state index contributed by atoms with van der Waals surface area (Å²) in [7, 11) is 0. The first-order valence-electron chi connectivity index (χ1n) is 7.19. The van der Waals surface area contributed by atoms with Crippen LogP contribution in [0.4, 0.5) is 5.69 Å². The number of aromatic hydroxyl groups is 1. The first-order chi connectivity index (χ1) is 10.3. The maximum Gasteiger partial charge on any atom is 0.115 e. The minimum absolute atomic E-state index is 0.281. The molecule has 0 aliphatic carbocycles. The standard InChI is InChI=1S/C17H19N3O/c21-17-8-6-15(7-9-17)14-18-20-12-10-19(11-13-20)16-4-2-1-3-5-16/h1-9,14,21H,10-13H2. The molecule has 0 saturated carbocycles. The topological polar surface area (TPSA) is 39.1 Å². The van der Waals surface area contributed by atoms with Gasteiger partial charge in [0.2, 0.25) is 0 Å². The highest BCUT2D eigenvalue weighted by molar-refractivity contribution is 5.79. The molecule has 1 N–H and O–H groups in total. The fourth-order valence-corrected chi connectivity index (χ4v) is 2.42. The molecule has 1 saturated heterocycles. The number of anilines is 1. The van der Waals surface area contributed by atoms with Crippen LogP contribution in [0, 0.1) is 0 Å². The largest absolute Gasteiger partial charge is 0.508 e. The summed E-state index contributed by atoms with van der Waals surface area (Å²) in [6, 6.07) is 17.6. The lowest BCUT2D eigenvalue weighted by Gasteiger charge is -2.34. The number of nitrogens with zero attached hydrogens (tertiary/aromatic N) is 3. The van der Waals surface area contributed by atoms with E-state index in [-0.39, 0.29) is 5.75 Å². The van der Waals surface area contributed by atoms with Crippen LogP contribution in [0.5, 0.6) is 5.75 Å². The van der Waals surface area contributed by atoms with Gasteiger partial charge in [0.05, 0.1) is 19.3 Å². The van der Waals surface area contributed by atoms with Gasteiger partial charge in [-0.15, -0.1) is 0 Å². The number of para-hydroxylation sites is 1. The van der Waals surface area contributed by atoms with E-state index in [2.05, 4.69) is 39.3 Å². The minimum Gasteiger partial charge on any atom is -0.508 e. The lowest BCUT2D eigenvalue weighted by atomic mass is 10.2. The second-order valence-electron chi connectivity index (χ2n) is 5.11. The molecule has 0 amide bonds. The maximum absolute atomic E-state index is 9.25. The molecule has 2 aromatic rings. The van der Waals surface area contributed by atoms with E-state index in [1.807, 2.05) is 24.4 Å². The van der Waals surface area contributed by atoms with Crippen molar-refractivity contribution in [3.05, 3.63) is 60.2 Å². The molecule has 4 nitrogen and oxygen atoms in total. The van der Waals surface area contributed by atoms with Crippen molar-refractivity contribution in [3.8, 4) is 5.75 Å². The van der Waals surface area contributed by atoms with Crippen molar-refractivity contribution in [1.29, 1.82) is 0 Å². The second kappa shape index (κ2) is 6.31. The number of hydrogen-bond donors (Lipinski definition) is 1. The van der Waals surface area contributed by atoms with E-state index >= 15 is 0 Å². The Bertz CT molecular complexity index is 587. The summed E-state index contributed by atoms with van der Waals surface area (Å²) in [4.78, 5) is 2.38. The third-order valence-electron chi connectivity index (χ3n) is 3.64. The normalized spacial score (nSPS) is 15.6. The summed E-state index contributed by atoms with van der Waals surface area (Å²) in [5, 5.41) is 15.9. The second-order valence-corrected chi connectivity index (χ2v) is 5.11. The summed E-state index contributed by atoms with van der Waals surface area (Å²) in [5.41, 5.74) is 2.28. The summed E-state index contributed by atoms with van der Waals surface area (Å²) >= 11 is 0. The lowest BCUT2D eigenvalue weighted by Crippen LogP contribution is -2.44. The zero-order valence-corrected chi connectivity index (χ0v) is 11.9. The molecule has 0 atom stereocenters. The zero-order valence-electron chi connectivity index (χ0n) is 11.9. The highest BCUT2D eigenvalue weighted by Crippen LogP contribution is 2.15. The Morgan fingerprint density at radius 1 is 0.857 bits per heavy atom. The van der Waals surface area contributed by atoms with Gasteiger partial charge in [-0.1, -0.05) is 18.2 Å². The van der Waals surface area contributed by atoms with Crippen LogP contribution in [-0.2, 0) is 0 Å². The van der Waals surface area contributed by atoms with Crippen molar-refractivity contribution in [2.75, 3.05) is 31.1 Å². The van der Waals surface area contributed by atoms with E-state index in [9.17, 15) is 5.11 Å².